The van der Waals surface area contributed by atoms with Crippen LogP contribution in [0.2, 0.25) is 0 Å². The minimum atomic E-state index is -0.371. The number of aromatic nitrogens is 3. The van der Waals surface area contributed by atoms with Crippen molar-refractivity contribution in [1.82, 2.24) is 15.0 Å². The molecule has 0 aliphatic heterocycles. The summed E-state index contributed by atoms with van der Waals surface area (Å²) in [5.74, 6) is 5.65. The lowest BCUT2D eigenvalue weighted by Gasteiger charge is -2.04. The van der Waals surface area contributed by atoms with Crippen LogP contribution in [-0.4, -0.2) is 20.9 Å². The Labute approximate surface area is 103 Å². The number of hydrogen-bond acceptors (Lipinski definition) is 6. The van der Waals surface area contributed by atoms with E-state index in [0.29, 0.717) is 11.6 Å². The molecule has 0 fully saturated rings. The van der Waals surface area contributed by atoms with Gasteiger partial charge in [0.25, 0.3) is 5.91 Å². The number of aryl methyl sites for hydroxylation is 1. The Morgan fingerprint density at radius 3 is 2.67 bits per heavy atom. The van der Waals surface area contributed by atoms with Gasteiger partial charge in [0, 0.05) is 6.20 Å². The van der Waals surface area contributed by atoms with Gasteiger partial charge < -0.3 is 10.7 Å². The van der Waals surface area contributed by atoms with Gasteiger partial charge in [0.2, 0.25) is 0 Å². The first kappa shape index (κ1) is 11.9. The van der Waals surface area contributed by atoms with Crippen LogP contribution in [0.1, 0.15) is 16.1 Å². The van der Waals surface area contributed by atoms with Gasteiger partial charge in [-0.2, -0.15) is 0 Å². The maximum Gasteiger partial charge on any atom is 0.277 e. The van der Waals surface area contributed by atoms with E-state index in [1.165, 1.54) is 12.4 Å². The van der Waals surface area contributed by atoms with E-state index >= 15 is 0 Å². The van der Waals surface area contributed by atoms with Crippen LogP contribution < -0.4 is 16.6 Å². The Morgan fingerprint density at radius 1 is 1.22 bits per heavy atom. The highest BCUT2D eigenvalue weighted by Gasteiger charge is 2.08. The highest BCUT2D eigenvalue weighted by Crippen LogP contribution is 2.07. The SMILES string of the molecule is Cc1ccnc(NC(=O)c2cnc(NN)cn2)c1. The van der Waals surface area contributed by atoms with Crippen LogP contribution in [0.15, 0.2) is 30.7 Å². The van der Waals surface area contributed by atoms with Crippen LogP contribution in [0.4, 0.5) is 11.6 Å². The van der Waals surface area contributed by atoms with Crippen LogP contribution in [0.3, 0.4) is 0 Å². The largest absolute Gasteiger partial charge is 0.307 e. The maximum atomic E-state index is 11.8. The van der Waals surface area contributed by atoms with Crippen molar-refractivity contribution in [2.45, 2.75) is 6.92 Å². The standard InChI is InChI=1S/C11H12N6O/c1-7-2-3-13-9(4-7)16-11(18)8-5-15-10(17-12)6-14-8/h2-6H,12H2,1H3,(H,15,17)(H,13,16,18). The first-order valence-corrected chi connectivity index (χ1v) is 5.21. The number of nitrogens with two attached hydrogens (primary N) is 1. The molecular weight excluding hydrogens is 232 g/mol. The second kappa shape index (κ2) is 5.19. The molecule has 2 rings (SSSR count). The number of pyridine rings is 1. The topological polar surface area (TPSA) is 106 Å². The zero-order valence-corrected chi connectivity index (χ0v) is 9.71. The highest BCUT2D eigenvalue weighted by atomic mass is 16.1. The molecule has 0 atom stereocenters. The quantitative estimate of drug-likeness (QED) is 0.542. The van der Waals surface area contributed by atoms with Crippen molar-refractivity contribution in [3.8, 4) is 0 Å². The number of hydrazine groups is 1. The number of nitrogens with one attached hydrogen (secondary N) is 2. The fourth-order valence-electron chi connectivity index (χ4n) is 1.30. The van der Waals surface area contributed by atoms with Gasteiger partial charge in [-0.1, -0.05) is 0 Å². The summed E-state index contributed by atoms with van der Waals surface area (Å²) in [7, 11) is 0. The molecule has 2 aromatic rings. The van der Waals surface area contributed by atoms with Crippen LogP contribution >= 0.6 is 0 Å². The average Bonchev–Trinajstić information content (AvgIpc) is 2.39. The van der Waals surface area contributed by atoms with Crippen LogP contribution in [0.5, 0.6) is 0 Å². The summed E-state index contributed by atoms with van der Waals surface area (Å²) >= 11 is 0. The zero-order valence-electron chi connectivity index (χ0n) is 9.71. The number of carbonyl (C=O) groups is 1. The van der Waals surface area contributed by atoms with Gasteiger partial charge in [0.15, 0.2) is 5.82 Å². The summed E-state index contributed by atoms with van der Waals surface area (Å²) in [6.07, 6.45) is 4.33. The van der Waals surface area contributed by atoms with E-state index in [4.69, 9.17) is 5.84 Å². The number of amides is 1. The molecule has 2 heterocycles. The molecule has 4 N–H and O–H groups in total. The number of anilines is 2. The predicted molar refractivity (Wildman–Crippen MR) is 66.8 cm³/mol. The molecule has 0 radical (unpaired) electrons. The third-order valence-corrected chi connectivity index (χ3v) is 2.19. The first-order valence-electron chi connectivity index (χ1n) is 5.21. The van der Waals surface area contributed by atoms with Crippen molar-refractivity contribution >= 4 is 17.5 Å². The Balaban J connectivity index is 2.11. The van der Waals surface area contributed by atoms with Gasteiger partial charge in [-0.05, 0) is 24.6 Å². The maximum absolute atomic E-state index is 11.8. The average molecular weight is 244 g/mol. The molecule has 18 heavy (non-hydrogen) atoms. The fraction of sp³-hybridized carbons (Fsp3) is 0.0909. The number of nitrogen functional groups attached to an aromatic ring is 1. The molecule has 0 aliphatic rings. The van der Waals surface area contributed by atoms with Gasteiger partial charge in [-0.15, -0.1) is 0 Å². The lowest BCUT2D eigenvalue weighted by atomic mass is 10.3. The van der Waals surface area contributed by atoms with E-state index in [2.05, 4.69) is 25.7 Å². The summed E-state index contributed by atoms with van der Waals surface area (Å²) in [6, 6.07) is 3.61. The molecule has 0 aromatic carbocycles. The van der Waals surface area contributed by atoms with Crippen molar-refractivity contribution in [2.75, 3.05) is 10.7 Å². The molecular formula is C11H12N6O. The summed E-state index contributed by atoms with van der Waals surface area (Å²) in [5, 5.41) is 2.63. The Morgan fingerprint density at radius 2 is 2.06 bits per heavy atom. The molecule has 2 aromatic heterocycles. The Bertz CT molecular complexity index is 554. The Kier molecular flexibility index (Phi) is 3.44. The second-order valence-electron chi connectivity index (χ2n) is 3.60. The van der Waals surface area contributed by atoms with Crippen molar-refractivity contribution in [3.63, 3.8) is 0 Å². The van der Waals surface area contributed by atoms with E-state index < -0.39 is 0 Å². The zero-order chi connectivity index (χ0) is 13.0. The van der Waals surface area contributed by atoms with Gasteiger partial charge in [-0.25, -0.2) is 20.8 Å². The van der Waals surface area contributed by atoms with Crippen molar-refractivity contribution in [1.29, 1.82) is 0 Å². The van der Waals surface area contributed by atoms with Crippen molar-refractivity contribution in [3.05, 3.63) is 42.0 Å². The molecule has 0 bridgehead atoms. The lowest BCUT2D eigenvalue weighted by Crippen LogP contribution is -2.16. The molecule has 92 valence electrons. The summed E-state index contributed by atoms with van der Waals surface area (Å²) in [5.41, 5.74) is 3.53. The minimum absolute atomic E-state index is 0.192. The molecule has 0 saturated carbocycles. The van der Waals surface area contributed by atoms with Gasteiger partial charge in [0.05, 0.1) is 12.4 Å². The summed E-state index contributed by atoms with van der Waals surface area (Å²) < 4.78 is 0. The van der Waals surface area contributed by atoms with E-state index in [0.717, 1.165) is 5.56 Å². The normalized spacial score (nSPS) is 9.89. The van der Waals surface area contributed by atoms with Gasteiger partial charge >= 0.3 is 0 Å². The van der Waals surface area contributed by atoms with Crippen LogP contribution in [0, 0.1) is 6.92 Å². The number of carbonyl (C=O) groups excluding carboxylic acids is 1. The third-order valence-electron chi connectivity index (χ3n) is 2.19. The van der Waals surface area contributed by atoms with E-state index in [-0.39, 0.29) is 11.6 Å². The molecule has 7 heteroatoms. The molecule has 0 aliphatic carbocycles. The number of rotatable bonds is 3. The van der Waals surface area contributed by atoms with Crippen molar-refractivity contribution < 1.29 is 4.79 Å². The van der Waals surface area contributed by atoms with Gasteiger partial charge in [-0.3, -0.25) is 4.79 Å². The predicted octanol–water partition coefficient (Wildman–Crippen LogP) is 0.718. The minimum Gasteiger partial charge on any atom is -0.307 e. The van der Waals surface area contributed by atoms with E-state index in [1.807, 2.05) is 13.0 Å². The highest BCUT2D eigenvalue weighted by molar-refractivity contribution is 6.02. The third kappa shape index (κ3) is 2.77. The van der Waals surface area contributed by atoms with Crippen LogP contribution in [-0.2, 0) is 0 Å². The lowest BCUT2D eigenvalue weighted by molar-refractivity contribution is 0.102. The van der Waals surface area contributed by atoms with E-state index in [1.54, 1.807) is 12.3 Å². The molecule has 0 spiro atoms. The van der Waals surface area contributed by atoms with Crippen LogP contribution in [0.25, 0.3) is 0 Å². The second-order valence-corrected chi connectivity index (χ2v) is 3.60. The molecule has 0 unspecified atom stereocenters. The van der Waals surface area contributed by atoms with E-state index in [9.17, 15) is 4.79 Å². The summed E-state index contributed by atoms with van der Waals surface area (Å²) in [6.45, 7) is 1.92. The first-order chi connectivity index (χ1) is 8.69. The Hall–Kier alpha value is -2.54. The number of nitrogens with zero attached hydrogens (tertiary/aromatic N) is 3. The smallest absolute Gasteiger partial charge is 0.277 e. The molecule has 0 saturated heterocycles. The molecule has 7 nitrogen and oxygen atoms in total. The summed E-state index contributed by atoms with van der Waals surface area (Å²) in [4.78, 5) is 23.7. The monoisotopic (exact) mass is 244 g/mol. The number of hydrogen-bond donors (Lipinski definition) is 3. The van der Waals surface area contributed by atoms with Gasteiger partial charge in [0.1, 0.15) is 11.5 Å². The molecule has 1 amide bonds. The van der Waals surface area contributed by atoms with Crippen molar-refractivity contribution in [2.24, 2.45) is 5.84 Å². The fourth-order valence-corrected chi connectivity index (χ4v) is 1.30.